The predicted molar refractivity (Wildman–Crippen MR) is 87.6 cm³/mol. The van der Waals surface area contributed by atoms with Crippen LogP contribution in [-0.4, -0.2) is 9.97 Å². The molecule has 0 atom stereocenters. The number of aromatic nitrogens is 2. The van der Waals surface area contributed by atoms with Gasteiger partial charge < -0.3 is 4.98 Å². The zero-order valence-corrected chi connectivity index (χ0v) is 12.8. The number of aromatic amines is 1. The van der Waals surface area contributed by atoms with Crippen LogP contribution in [0, 0.1) is 11.6 Å². The van der Waals surface area contributed by atoms with Gasteiger partial charge >= 0.3 is 0 Å². The van der Waals surface area contributed by atoms with E-state index in [1.54, 1.807) is 23.5 Å². The van der Waals surface area contributed by atoms with Crippen LogP contribution in [0.4, 0.5) is 8.78 Å². The van der Waals surface area contributed by atoms with Crippen molar-refractivity contribution in [2.75, 3.05) is 0 Å². The monoisotopic (exact) mass is 330 g/mol. The molecule has 2 heterocycles. The fourth-order valence-corrected chi connectivity index (χ4v) is 4.16. The van der Waals surface area contributed by atoms with Crippen molar-refractivity contribution in [1.29, 1.82) is 0 Å². The number of benzene rings is 1. The Balaban J connectivity index is 1.73. The molecule has 3 nitrogen and oxygen atoms in total. The summed E-state index contributed by atoms with van der Waals surface area (Å²) in [6.45, 7) is 0. The molecule has 0 fully saturated rings. The topological polar surface area (TPSA) is 45.8 Å². The number of fused-ring (bicyclic) bond motifs is 3. The van der Waals surface area contributed by atoms with E-state index in [0.29, 0.717) is 16.8 Å². The zero-order chi connectivity index (χ0) is 16.0. The fourth-order valence-electron chi connectivity index (χ4n) is 2.89. The molecule has 3 aromatic rings. The molecule has 1 aliphatic rings. The number of hydrogen-bond donors (Lipinski definition) is 1. The Labute approximate surface area is 134 Å². The molecule has 0 unspecified atom stereocenters. The van der Waals surface area contributed by atoms with Crippen molar-refractivity contribution in [3.8, 4) is 0 Å². The number of rotatable bonds is 2. The number of nitrogens with zero attached hydrogens (tertiary/aromatic N) is 1. The summed E-state index contributed by atoms with van der Waals surface area (Å²) >= 11 is 1.57. The molecule has 0 spiro atoms. The van der Waals surface area contributed by atoms with Gasteiger partial charge in [-0.2, -0.15) is 0 Å². The predicted octanol–water partition coefficient (Wildman–Crippen LogP) is 3.92. The summed E-state index contributed by atoms with van der Waals surface area (Å²) in [5, 5.41) is 0.701. The summed E-state index contributed by atoms with van der Waals surface area (Å²) < 4.78 is 26.1. The quantitative estimate of drug-likeness (QED) is 0.774. The lowest BCUT2D eigenvalue weighted by molar-refractivity contribution is 0.508. The highest BCUT2D eigenvalue weighted by molar-refractivity contribution is 7.18. The average molecular weight is 330 g/mol. The second-order valence-electron chi connectivity index (χ2n) is 5.50. The van der Waals surface area contributed by atoms with Gasteiger partial charge in [0.05, 0.1) is 5.39 Å². The van der Waals surface area contributed by atoms with Crippen molar-refractivity contribution in [3.63, 3.8) is 0 Å². The maximum Gasteiger partial charge on any atom is 0.260 e. The van der Waals surface area contributed by atoms with Crippen LogP contribution in [0.2, 0.25) is 0 Å². The molecule has 4 rings (SSSR count). The van der Waals surface area contributed by atoms with Crippen molar-refractivity contribution >= 4 is 33.7 Å². The second-order valence-corrected chi connectivity index (χ2v) is 6.58. The zero-order valence-electron chi connectivity index (χ0n) is 12.0. The molecule has 0 saturated carbocycles. The van der Waals surface area contributed by atoms with Crippen molar-refractivity contribution < 1.29 is 8.78 Å². The number of halogens is 2. The third-order valence-corrected chi connectivity index (χ3v) is 5.16. The van der Waals surface area contributed by atoms with E-state index in [0.717, 1.165) is 41.8 Å². The van der Waals surface area contributed by atoms with Gasteiger partial charge in [0.1, 0.15) is 10.7 Å². The third-order valence-electron chi connectivity index (χ3n) is 3.97. The maximum atomic E-state index is 13.2. The van der Waals surface area contributed by atoms with E-state index < -0.39 is 11.6 Å². The summed E-state index contributed by atoms with van der Waals surface area (Å²) in [4.78, 5) is 21.5. The first-order chi connectivity index (χ1) is 11.1. The van der Waals surface area contributed by atoms with Gasteiger partial charge in [-0.05, 0) is 48.6 Å². The van der Waals surface area contributed by atoms with Gasteiger partial charge in [-0.25, -0.2) is 13.8 Å². The Hall–Kier alpha value is -2.34. The molecule has 6 heteroatoms. The molecule has 1 N–H and O–H groups in total. The van der Waals surface area contributed by atoms with Gasteiger partial charge in [-0.15, -0.1) is 11.3 Å². The molecule has 23 heavy (non-hydrogen) atoms. The first-order valence-corrected chi connectivity index (χ1v) is 8.11. The molecule has 0 aliphatic heterocycles. The molecule has 1 aliphatic carbocycles. The van der Waals surface area contributed by atoms with Crippen LogP contribution >= 0.6 is 11.3 Å². The van der Waals surface area contributed by atoms with E-state index in [2.05, 4.69) is 9.97 Å². The number of hydrogen-bond acceptors (Lipinski definition) is 3. The van der Waals surface area contributed by atoms with Gasteiger partial charge in [0, 0.05) is 4.88 Å². The molecule has 0 amide bonds. The minimum Gasteiger partial charge on any atom is -0.306 e. The van der Waals surface area contributed by atoms with Crippen LogP contribution in [0.25, 0.3) is 22.4 Å². The van der Waals surface area contributed by atoms with E-state index >= 15 is 0 Å². The van der Waals surface area contributed by atoms with Crippen molar-refractivity contribution in [3.05, 3.63) is 62.0 Å². The standard InChI is InChI=1S/C17H12F2N2OS/c18-11-6-4-9(8-12(11)19)5-7-14-20-16(22)15-10-2-1-3-13(10)23-17(15)21-14/h4-8H,1-3H2,(H,20,21,22). The first-order valence-electron chi connectivity index (χ1n) is 7.29. The highest BCUT2D eigenvalue weighted by Gasteiger charge is 2.20. The Morgan fingerprint density at radius 3 is 2.87 bits per heavy atom. The normalized spacial score (nSPS) is 14.0. The molecular weight excluding hydrogens is 318 g/mol. The fraction of sp³-hybridized carbons (Fsp3) is 0.176. The van der Waals surface area contributed by atoms with Crippen LogP contribution in [0.3, 0.4) is 0 Å². The minimum absolute atomic E-state index is 0.140. The Bertz CT molecular complexity index is 1000. The van der Waals surface area contributed by atoms with Crippen LogP contribution < -0.4 is 5.56 Å². The van der Waals surface area contributed by atoms with Crippen molar-refractivity contribution in [1.82, 2.24) is 9.97 Å². The Morgan fingerprint density at radius 2 is 2.04 bits per heavy atom. The van der Waals surface area contributed by atoms with Crippen molar-refractivity contribution in [2.45, 2.75) is 19.3 Å². The van der Waals surface area contributed by atoms with E-state index in [1.165, 1.54) is 10.9 Å². The second kappa shape index (κ2) is 5.38. The number of aryl methyl sites for hydroxylation is 2. The molecule has 0 saturated heterocycles. The van der Waals surface area contributed by atoms with Gasteiger partial charge in [-0.1, -0.05) is 12.1 Å². The highest BCUT2D eigenvalue weighted by atomic mass is 32.1. The summed E-state index contributed by atoms with van der Waals surface area (Å²) in [6.07, 6.45) is 6.22. The van der Waals surface area contributed by atoms with E-state index in [9.17, 15) is 13.6 Å². The summed E-state index contributed by atoms with van der Waals surface area (Å²) in [5.74, 6) is -1.38. The average Bonchev–Trinajstić information content (AvgIpc) is 3.08. The summed E-state index contributed by atoms with van der Waals surface area (Å²) in [5.41, 5.74) is 1.49. The number of thiophene rings is 1. The van der Waals surface area contributed by atoms with E-state index in [1.807, 2.05) is 0 Å². The lowest BCUT2D eigenvalue weighted by atomic mass is 10.2. The minimum atomic E-state index is -0.904. The van der Waals surface area contributed by atoms with Gasteiger partial charge in [0.15, 0.2) is 11.6 Å². The SMILES string of the molecule is O=c1[nH]c(C=Cc2ccc(F)c(F)c2)nc2sc3c(c12)CCC3. The molecule has 2 aromatic heterocycles. The number of H-pyrrole nitrogens is 1. The van der Waals surface area contributed by atoms with Crippen LogP contribution in [-0.2, 0) is 12.8 Å². The molecular formula is C17H12F2N2OS. The van der Waals surface area contributed by atoms with E-state index in [4.69, 9.17) is 0 Å². The van der Waals surface area contributed by atoms with Gasteiger partial charge in [-0.3, -0.25) is 4.79 Å². The molecule has 1 aromatic carbocycles. The van der Waals surface area contributed by atoms with E-state index in [-0.39, 0.29) is 5.56 Å². The smallest absolute Gasteiger partial charge is 0.260 e. The van der Waals surface area contributed by atoms with Crippen LogP contribution in [0.1, 0.15) is 28.2 Å². The lowest BCUT2D eigenvalue weighted by Gasteiger charge is -1.98. The van der Waals surface area contributed by atoms with Gasteiger partial charge in [0.2, 0.25) is 0 Å². The Kier molecular flexibility index (Phi) is 3.34. The maximum absolute atomic E-state index is 13.2. The summed E-state index contributed by atoms with van der Waals surface area (Å²) in [7, 11) is 0. The molecule has 116 valence electrons. The molecule has 0 radical (unpaired) electrons. The molecule has 0 bridgehead atoms. The highest BCUT2D eigenvalue weighted by Crippen LogP contribution is 2.34. The van der Waals surface area contributed by atoms with Gasteiger partial charge in [0.25, 0.3) is 5.56 Å². The van der Waals surface area contributed by atoms with Crippen molar-refractivity contribution in [2.24, 2.45) is 0 Å². The van der Waals surface area contributed by atoms with Crippen LogP contribution in [0.5, 0.6) is 0 Å². The first kappa shape index (κ1) is 14.3. The number of nitrogens with one attached hydrogen (secondary N) is 1. The largest absolute Gasteiger partial charge is 0.306 e. The lowest BCUT2D eigenvalue weighted by Crippen LogP contribution is -2.09. The van der Waals surface area contributed by atoms with Crippen LogP contribution in [0.15, 0.2) is 23.0 Å². The Morgan fingerprint density at radius 1 is 1.17 bits per heavy atom. The summed E-state index contributed by atoms with van der Waals surface area (Å²) in [6, 6.07) is 3.63. The third kappa shape index (κ3) is 2.49.